The highest BCUT2D eigenvalue weighted by molar-refractivity contribution is 6.74. The van der Waals surface area contributed by atoms with Crippen LogP contribution in [-0.4, -0.2) is 26.6 Å². The Morgan fingerprint density at radius 2 is 1.88 bits per heavy atom. The fraction of sp³-hybridized carbons (Fsp3) is 0.769. The largest absolute Gasteiger partial charge is 0.417 e. The summed E-state index contributed by atoms with van der Waals surface area (Å²) in [6.45, 7) is 12.2. The van der Waals surface area contributed by atoms with E-state index in [2.05, 4.69) is 39.6 Å². The third-order valence-corrected chi connectivity index (χ3v) is 7.63. The molecule has 0 aliphatic carbocycles. The van der Waals surface area contributed by atoms with Crippen molar-refractivity contribution in [1.82, 2.24) is 0 Å². The first-order chi connectivity index (χ1) is 7.31. The molecule has 0 aromatic heterocycles. The Morgan fingerprint density at radius 1 is 1.25 bits per heavy atom. The zero-order chi connectivity index (χ0) is 12.7. The van der Waals surface area contributed by atoms with Gasteiger partial charge in [-0.1, -0.05) is 20.8 Å². The van der Waals surface area contributed by atoms with Crippen LogP contribution < -0.4 is 0 Å². The van der Waals surface area contributed by atoms with Gasteiger partial charge in [0.25, 0.3) is 0 Å². The van der Waals surface area contributed by atoms with Crippen molar-refractivity contribution in [1.29, 1.82) is 0 Å². The number of rotatable bonds is 6. The van der Waals surface area contributed by atoms with E-state index in [4.69, 9.17) is 9.53 Å². The van der Waals surface area contributed by atoms with Crippen LogP contribution in [0, 0.1) is 0 Å². The smallest absolute Gasteiger partial charge is 0.191 e. The molecule has 3 heteroatoms. The van der Waals surface area contributed by atoms with Crippen LogP contribution in [0.3, 0.4) is 0 Å². The standard InChI is InChI=1S/C13H26O2Si/c1-13(2,3)16(4,5)15-12-10-8-6-7-9-11-14/h6,9,14H,8,10-12H2,1-5H3. The van der Waals surface area contributed by atoms with E-state index in [-0.39, 0.29) is 6.61 Å². The summed E-state index contributed by atoms with van der Waals surface area (Å²) in [5, 5.41) is 8.80. The van der Waals surface area contributed by atoms with Crippen LogP contribution >= 0.6 is 0 Å². The molecule has 16 heavy (non-hydrogen) atoms. The van der Waals surface area contributed by atoms with Gasteiger partial charge in [0.1, 0.15) is 0 Å². The molecular formula is C13H26O2Si. The van der Waals surface area contributed by atoms with E-state index in [0.29, 0.717) is 5.04 Å². The highest BCUT2D eigenvalue weighted by Crippen LogP contribution is 2.36. The summed E-state index contributed by atoms with van der Waals surface area (Å²) in [5.74, 6) is 0. The number of unbranched alkanes of at least 4 members (excludes halogenated alkanes) is 1. The molecule has 0 heterocycles. The van der Waals surface area contributed by atoms with Crippen molar-refractivity contribution in [3.8, 4) is 0 Å². The van der Waals surface area contributed by atoms with Gasteiger partial charge in [0.05, 0.1) is 6.61 Å². The quantitative estimate of drug-likeness (QED) is 0.439. The lowest BCUT2D eigenvalue weighted by Gasteiger charge is -2.36. The molecule has 0 amide bonds. The highest BCUT2D eigenvalue weighted by atomic mass is 28.4. The van der Waals surface area contributed by atoms with E-state index in [1.807, 2.05) is 6.08 Å². The molecule has 0 unspecified atom stereocenters. The van der Waals surface area contributed by atoms with Gasteiger partial charge in [-0.3, -0.25) is 0 Å². The molecule has 0 saturated carbocycles. The van der Waals surface area contributed by atoms with Crippen LogP contribution in [0.15, 0.2) is 17.9 Å². The second-order valence-corrected chi connectivity index (χ2v) is 10.3. The second-order valence-electron chi connectivity index (χ2n) is 5.51. The molecule has 0 aliphatic rings. The molecule has 0 aliphatic heterocycles. The van der Waals surface area contributed by atoms with E-state index in [0.717, 1.165) is 19.4 Å². The number of aliphatic hydroxyl groups excluding tert-OH is 1. The Labute approximate surface area is 101 Å². The van der Waals surface area contributed by atoms with Crippen molar-refractivity contribution >= 4 is 8.32 Å². The highest BCUT2D eigenvalue weighted by Gasteiger charge is 2.36. The van der Waals surface area contributed by atoms with Gasteiger partial charge in [0, 0.05) is 6.61 Å². The molecule has 1 N–H and O–H groups in total. The zero-order valence-electron chi connectivity index (χ0n) is 11.3. The molecule has 0 rings (SSSR count). The molecule has 0 bridgehead atoms. The van der Waals surface area contributed by atoms with Gasteiger partial charge in [-0.25, -0.2) is 0 Å². The molecule has 0 atom stereocenters. The third-order valence-electron chi connectivity index (χ3n) is 3.09. The minimum atomic E-state index is -1.56. The molecule has 0 radical (unpaired) electrons. The molecule has 2 nitrogen and oxygen atoms in total. The average molecular weight is 242 g/mol. The van der Waals surface area contributed by atoms with E-state index in [1.165, 1.54) is 0 Å². The summed E-state index contributed by atoms with van der Waals surface area (Å²) in [4.78, 5) is 0. The first kappa shape index (κ1) is 15.7. The maximum atomic E-state index is 8.51. The summed E-state index contributed by atoms with van der Waals surface area (Å²) in [5.41, 5.74) is 2.92. The summed E-state index contributed by atoms with van der Waals surface area (Å²) in [7, 11) is -1.56. The minimum absolute atomic E-state index is 0.0664. The summed E-state index contributed by atoms with van der Waals surface area (Å²) in [6, 6.07) is 0. The zero-order valence-corrected chi connectivity index (χ0v) is 12.3. The van der Waals surface area contributed by atoms with Crippen molar-refractivity contribution in [2.45, 2.75) is 51.7 Å². The van der Waals surface area contributed by atoms with E-state index in [1.54, 1.807) is 6.08 Å². The van der Waals surface area contributed by atoms with Crippen molar-refractivity contribution < 1.29 is 9.53 Å². The van der Waals surface area contributed by atoms with Crippen LogP contribution in [0.2, 0.25) is 18.1 Å². The molecule has 0 aromatic carbocycles. The minimum Gasteiger partial charge on any atom is -0.417 e. The maximum absolute atomic E-state index is 8.51. The van der Waals surface area contributed by atoms with Gasteiger partial charge in [-0.05, 0) is 43.1 Å². The molecule has 0 fully saturated rings. The summed E-state index contributed by atoms with van der Waals surface area (Å²) >= 11 is 0. The van der Waals surface area contributed by atoms with Gasteiger partial charge < -0.3 is 9.53 Å². The first-order valence-electron chi connectivity index (χ1n) is 5.95. The molecular weight excluding hydrogens is 216 g/mol. The van der Waals surface area contributed by atoms with Crippen LogP contribution in [-0.2, 0) is 4.43 Å². The molecule has 0 spiro atoms. The first-order valence-corrected chi connectivity index (χ1v) is 8.86. The number of hydrogen-bond acceptors (Lipinski definition) is 2. The summed E-state index contributed by atoms with van der Waals surface area (Å²) in [6.07, 6.45) is 5.56. The van der Waals surface area contributed by atoms with E-state index in [9.17, 15) is 0 Å². The van der Waals surface area contributed by atoms with Crippen molar-refractivity contribution in [2.75, 3.05) is 13.2 Å². The summed E-state index contributed by atoms with van der Waals surface area (Å²) < 4.78 is 6.03. The lowest BCUT2D eigenvalue weighted by Crippen LogP contribution is -2.40. The predicted octanol–water partition coefficient (Wildman–Crippen LogP) is 3.49. The normalized spacial score (nSPS) is 12.1. The Balaban J connectivity index is 3.79. The maximum Gasteiger partial charge on any atom is 0.191 e. The lowest BCUT2D eigenvalue weighted by molar-refractivity contribution is 0.283. The van der Waals surface area contributed by atoms with Crippen LogP contribution in [0.25, 0.3) is 0 Å². The van der Waals surface area contributed by atoms with Crippen molar-refractivity contribution in [3.63, 3.8) is 0 Å². The van der Waals surface area contributed by atoms with Gasteiger partial charge in [0.15, 0.2) is 8.32 Å². The van der Waals surface area contributed by atoms with Gasteiger partial charge in [-0.15, -0.1) is 5.73 Å². The Morgan fingerprint density at radius 3 is 2.38 bits per heavy atom. The Bertz CT molecular complexity index is 245. The second kappa shape index (κ2) is 7.07. The fourth-order valence-corrected chi connectivity index (χ4v) is 2.04. The van der Waals surface area contributed by atoms with Crippen molar-refractivity contribution in [3.05, 3.63) is 17.9 Å². The van der Waals surface area contributed by atoms with Crippen molar-refractivity contribution in [2.24, 2.45) is 0 Å². The third kappa shape index (κ3) is 6.29. The average Bonchev–Trinajstić information content (AvgIpc) is 2.14. The monoisotopic (exact) mass is 242 g/mol. The predicted molar refractivity (Wildman–Crippen MR) is 72.1 cm³/mol. The van der Waals surface area contributed by atoms with Gasteiger partial charge in [0.2, 0.25) is 0 Å². The van der Waals surface area contributed by atoms with E-state index < -0.39 is 8.32 Å². The van der Waals surface area contributed by atoms with E-state index >= 15 is 0 Å². The van der Waals surface area contributed by atoms with Crippen LogP contribution in [0.4, 0.5) is 0 Å². The Hall–Kier alpha value is -0.343. The Kier molecular flexibility index (Phi) is 6.92. The fourth-order valence-electron chi connectivity index (χ4n) is 0.949. The number of hydrogen-bond donors (Lipinski definition) is 1. The molecule has 0 saturated heterocycles. The number of aliphatic hydroxyl groups is 1. The van der Waals surface area contributed by atoms with Crippen LogP contribution in [0.1, 0.15) is 33.6 Å². The van der Waals surface area contributed by atoms with Gasteiger partial charge in [-0.2, -0.15) is 0 Å². The molecule has 94 valence electrons. The lowest BCUT2D eigenvalue weighted by atomic mass is 10.2. The molecule has 0 aromatic rings. The van der Waals surface area contributed by atoms with Crippen LogP contribution in [0.5, 0.6) is 0 Å². The topological polar surface area (TPSA) is 29.5 Å². The SMILES string of the molecule is CC(C)(C)[Si](C)(C)OCCCC=C=CCO. The van der Waals surface area contributed by atoms with Gasteiger partial charge >= 0.3 is 0 Å².